The number of nitrogens with two attached hydrogens (primary N) is 1. The summed E-state index contributed by atoms with van der Waals surface area (Å²) in [5.74, 6) is 0.503. The maximum atomic E-state index is 11.1. The van der Waals surface area contributed by atoms with Crippen LogP contribution in [0.2, 0.25) is 0 Å². The number of benzene rings is 1. The molecule has 4 atom stereocenters. The van der Waals surface area contributed by atoms with Crippen molar-refractivity contribution < 1.29 is 23.4 Å². The van der Waals surface area contributed by atoms with Crippen molar-refractivity contribution in [1.82, 2.24) is 24.2 Å². The lowest BCUT2D eigenvalue weighted by Gasteiger charge is -2.16. The van der Waals surface area contributed by atoms with Crippen molar-refractivity contribution in [3.8, 4) is 0 Å². The van der Waals surface area contributed by atoms with Gasteiger partial charge < -0.3 is 20.3 Å². The molecule has 0 amide bonds. The Bertz CT molecular complexity index is 1120. The topological polar surface area (TPSA) is 178 Å². The number of ether oxygens (including phenoxy) is 1. The maximum Gasteiger partial charge on any atom is 0.274 e. The number of nitrogens with zero attached hydrogens (tertiary/aromatic N) is 4. The lowest BCUT2D eigenvalue weighted by molar-refractivity contribution is -0.0330. The highest BCUT2D eigenvalue weighted by atomic mass is 32.2. The van der Waals surface area contributed by atoms with Gasteiger partial charge in [-0.05, 0) is 5.56 Å². The van der Waals surface area contributed by atoms with Crippen molar-refractivity contribution in [2.75, 3.05) is 11.9 Å². The van der Waals surface area contributed by atoms with Gasteiger partial charge >= 0.3 is 0 Å². The number of hydrogen-bond acceptors (Lipinski definition) is 9. The Hall–Kier alpha value is -2.68. The van der Waals surface area contributed by atoms with Crippen molar-refractivity contribution in [1.29, 1.82) is 0 Å². The van der Waals surface area contributed by atoms with Gasteiger partial charge in [-0.3, -0.25) is 4.57 Å². The van der Waals surface area contributed by atoms with Crippen LogP contribution >= 0.6 is 0 Å². The molecule has 160 valence electrons. The third-order valence-corrected chi connectivity index (χ3v) is 5.33. The molecule has 0 spiro atoms. The highest BCUT2D eigenvalue weighted by Crippen LogP contribution is 2.32. The van der Waals surface area contributed by atoms with Crippen LogP contribution in [0.15, 0.2) is 43.0 Å². The first kappa shape index (κ1) is 20.6. The summed E-state index contributed by atoms with van der Waals surface area (Å²) in [6.07, 6.45) is -1.91. The Kier molecular flexibility index (Phi) is 5.64. The van der Waals surface area contributed by atoms with E-state index in [1.807, 2.05) is 30.3 Å². The molecule has 12 nitrogen and oxygen atoms in total. The lowest BCUT2D eigenvalue weighted by Crippen LogP contribution is -2.42. The number of imidazole rings is 1. The normalized spacial score (nSPS) is 24.4. The molecule has 1 saturated heterocycles. The standard InChI is InChI=1S/C17H21N7O5S/c18-30(27,28)23-7-11-13(25)14(26)17(29-11)24-9-22-12-15(20-8-21-16(12)24)19-6-10-4-2-1-3-5-10/h1-5,8-9,11,13-14,17,23,25-26H,6-7H2,(H2,18,27,28)(H,19,20,21)/t11-,13-,14-,17-/m1/s1. The second-order valence-corrected chi connectivity index (χ2v) is 8.20. The molecule has 4 rings (SSSR count). The molecule has 0 saturated carbocycles. The van der Waals surface area contributed by atoms with E-state index >= 15 is 0 Å². The molecule has 13 heteroatoms. The van der Waals surface area contributed by atoms with Crippen molar-refractivity contribution in [2.45, 2.75) is 31.1 Å². The average molecular weight is 435 g/mol. The largest absolute Gasteiger partial charge is 0.387 e. The molecule has 2 aromatic heterocycles. The minimum Gasteiger partial charge on any atom is -0.387 e. The van der Waals surface area contributed by atoms with Gasteiger partial charge in [0.05, 0.1) is 6.33 Å². The quantitative estimate of drug-likeness (QED) is 0.306. The smallest absolute Gasteiger partial charge is 0.274 e. The van der Waals surface area contributed by atoms with Crippen LogP contribution < -0.4 is 15.2 Å². The molecule has 0 bridgehead atoms. The number of aromatic nitrogens is 4. The first-order valence-corrected chi connectivity index (χ1v) is 10.6. The number of aliphatic hydroxyl groups is 2. The highest BCUT2D eigenvalue weighted by Gasteiger charge is 2.44. The molecule has 1 aromatic carbocycles. The van der Waals surface area contributed by atoms with Gasteiger partial charge in [-0.25, -0.2) is 20.1 Å². The van der Waals surface area contributed by atoms with E-state index in [2.05, 4.69) is 25.0 Å². The fourth-order valence-electron chi connectivity index (χ4n) is 3.28. The molecular weight excluding hydrogens is 414 g/mol. The molecule has 1 aliphatic rings. The number of nitrogens with one attached hydrogen (secondary N) is 2. The Morgan fingerprint density at radius 3 is 2.63 bits per heavy atom. The molecule has 0 aliphatic carbocycles. The van der Waals surface area contributed by atoms with Crippen molar-refractivity contribution in [2.24, 2.45) is 5.14 Å². The van der Waals surface area contributed by atoms with E-state index in [1.54, 1.807) is 0 Å². The minimum absolute atomic E-state index is 0.293. The van der Waals surface area contributed by atoms with Crippen LogP contribution in [-0.4, -0.2) is 63.0 Å². The Labute approximate surface area is 171 Å². The van der Waals surface area contributed by atoms with E-state index in [1.165, 1.54) is 17.2 Å². The van der Waals surface area contributed by atoms with E-state index in [0.29, 0.717) is 23.5 Å². The summed E-state index contributed by atoms with van der Waals surface area (Å²) in [4.78, 5) is 12.8. The fourth-order valence-corrected chi connectivity index (χ4v) is 3.67. The number of rotatable bonds is 7. The number of aliphatic hydroxyl groups excluding tert-OH is 2. The van der Waals surface area contributed by atoms with Gasteiger partial charge in [0, 0.05) is 13.1 Å². The second kappa shape index (κ2) is 8.22. The minimum atomic E-state index is -3.96. The van der Waals surface area contributed by atoms with Gasteiger partial charge in [0.2, 0.25) is 0 Å². The van der Waals surface area contributed by atoms with Crippen LogP contribution in [0.25, 0.3) is 11.2 Å². The van der Waals surface area contributed by atoms with E-state index in [-0.39, 0.29) is 6.54 Å². The van der Waals surface area contributed by atoms with Crippen molar-refractivity contribution in [3.05, 3.63) is 48.5 Å². The Morgan fingerprint density at radius 1 is 1.13 bits per heavy atom. The van der Waals surface area contributed by atoms with Gasteiger partial charge in [0.15, 0.2) is 23.2 Å². The lowest BCUT2D eigenvalue weighted by atomic mass is 10.1. The summed E-state index contributed by atoms with van der Waals surface area (Å²) >= 11 is 0. The van der Waals surface area contributed by atoms with Gasteiger partial charge in [0.25, 0.3) is 10.2 Å². The third-order valence-electron chi connectivity index (χ3n) is 4.76. The first-order valence-electron chi connectivity index (χ1n) is 9.08. The SMILES string of the molecule is NS(=O)(=O)NC[C@H]1O[C@@H](n2cnc3c(NCc4ccccc4)ncnc32)[C@H](O)[C@@H]1O. The maximum absolute atomic E-state index is 11.1. The number of anilines is 1. The zero-order valence-corrected chi connectivity index (χ0v) is 16.5. The van der Waals surface area contributed by atoms with Gasteiger partial charge in [-0.15, -0.1) is 0 Å². The Morgan fingerprint density at radius 2 is 1.90 bits per heavy atom. The van der Waals surface area contributed by atoms with Crippen LogP contribution in [0.1, 0.15) is 11.8 Å². The number of fused-ring (bicyclic) bond motifs is 1. The average Bonchev–Trinajstić information content (AvgIpc) is 3.27. The summed E-state index contributed by atoms with van der Waals surface area (Å²) in [7, 11) is -3.96. The molecule has 0 unspecified atom stereocenters. The second-order valence-electron chi connectivity index (χ2n) is 6.83. The summed E-state index contributed by atoms with van der Waals surface area (Å²) in [5.41, 5.74) is 1.91. The summed E-state index contributed by atoms with van der Waals surface area (Å²) in [5, 5.41) is 28.8. The van der Waals surface area contributed by atoms with E-state index in [9.17, 15) is 18.6 Å². The van der Waals surface area contributed by atoms with Crippen LogP contribution in [0.5, 0.6) is 0 Å². The molecule has 3 aromatic rings. The molecule has 0 radical (unpaired) electrons. The number of hydrogen-bond donors (Lipinski definition) is 5. The summed E-state index contributed by atoms with van der Waals surface area (Å²) < 4.78 is 31.4. The fraction of sp³-hybridized carbons (Fsp3) is 0.353. The molecule has 6 N–H and O–H groups in total. The summed E-state index contributed by atoms with van der Waals surface area (Å²) in [6, 6.07) is 9.76. The van der Waals surface area contributed by atoms with Crippen LogP contribution in [0, 0.1) is 0 Å². The molecule has 3 heterocycles. The molecule has 1 fully saturated rings. The summed E-state index contributed by atoms with van der Waals surface area (Å²) in [6.45, 7) is 0.238. The predicted molar refractivity (Wildman–Crippen MR) is 106 cm³/mol. The molecular formula is C17H21N7O5S. The zero-order chi connectivity index (χ0) is 21.3. The van der Waals surface area contributed by atoms with Crippen molar-refractivity contribution in [3.63, 3.8) is 0 Å². The van der Waals surface area contributed by atoms with E-state index in [0.717, 1.165) is 5.56 Å². The van der Waals surface area contributed by atoms with Crippen LogP contribution in [0.4, 0.5) is 5.82 Å². The third kappa shape index (κ3) is 4.26. The van der Waals surface area contributed by atoms with Gasteiger partial charge in [0.1, 0.15) is 24.6 Å². The Balaban J connectivity index is 1.55. The first-order chi connectivity index (χ1) is 14.3. The van der Waals surface area contributed by atoms with E-state index < -0.39 is 34.7 Å². The predicted octanol–water partition coefficient (Wildman–Crippen LogP) is -1.15. The van der Waals surface area contributed by atoms with E-state index in [4.69, 9.17) is 9.88 Å². The zero-order valence-electron chi connectivity index (χ0n) is 15.7. The van der Waals surface area contributed by atoms with Crippen LogP contribution in [-0.2, 0) is 21.5 Å². The highest BCUT2D eigenvalue weighted by molar-refractivity contribution is 7.87. The van der Waals surface area contributed by atoms with Gasteiger partial charge in [-0.2, -0.15) is 13.1 Å². The van der Waals surface area contributed by atoms with Crippen molar-refractivity contribution >= 4 is 27.2 Å². The van der Waals surface area contributed by atoms with Crippen LogP contribution in [0.3, 0.4) is 0 Å². The molecule has 30 heavy (non-hydrogen) atoms. The van der Waals surface area contributed by atoms with Gasteiger partial charge in [-0.1, -0.05) is 30.3 Å². The molecule has 1 aliphatic heterocycles. The monoisotopic (exact) mass is 435 g/mol.